The van der Waals surface area contributed by atoms with Crippen LogP contribution < -0.4 is 0 Å². The first kappa shape index (κ1) is 23.4. The maximum Gasteiger partial charge on any atom is 0.227 e. The summed E-state index contributed by atoms with van der Waals surface area (Å²) in [6, 6.07) is 43.0. The Balaban J connectivity index is 1.24. The fourth-order valence-corrected chi connectivity index (χ4v) is 6.41. The van der Waals surface area contributed by atoms with Gasteiger partial charge in [0.2, 0.25) is 11.8 Å². The molecule has 0 bridgehead atoms. The van der Waals surface area contributed by atoms with Crippen molar-refractivity contribution < 1.29 is 13.3 Å². The number of benzene rings is 6. The minimum atomic E-state index is 0.593. The summed E-state index contributed by atoms with van der Waals surface area (Å²) in [7, 11) is 0. The third-order valence-electron chi connectivity index (χ3n) is 8.47. The van der Waals surface area contributed by atoms with Crippen molar-refractivity contribution in [3.63, 3.8) is 0 Å². The van der Waals surface area contributed by atoms with Gasteiger partial charge in [-0.25, -0.2) is 9.97 Å². The van der Waals surface area contributed by atoms with Gasteiger partial charge in [0.1, 0.15) is 22.2 Å². The van der Waals surface area contributed by atoms with E-state index in [9.17, 15) is 0 Å². The molecular weight excluding hydrogens is 546 g/mol. The molecule has 0 atom stereocenters. The number of rotatable bonds is 3. The number of hydrogen-bond donors (Lipinski definition) is 0. The Morgan fingerprint density at radius 2 is 0.955 bits per heavy atom. The summed E-state index contributed by atoms with van der Waals surface area (Å²) in [4.78, 5) is 9.55. The normalized spacial score (nSPS) is 12.1. The predicted octanol–water partition coefficient (Wildman–Crippen LogP) is 10.3. The van der Waals surface area contributed by atoms with Gasteiger partial charge in [0.25, 0.3) is 0 Å². The number of para-hydroxylation sites is 5. The lowest BCUT2D eigenvalue weighted by atomic mass is 10.1. The molecule has 206 valence electrons. The van der Waals surface area contributed by atoms with E-state index >= 15 is 0 Å². The summed E-state index contributed by atoms with van der Waals surface area (Å²) in [6.07, 6.45) is 0. The largest absolute Gasteiger partial charge is 0.456 e. The monoisotopic (exact) mass is 567 g/mol. The van der Waals surface area contributed by atoms with Crippen LogP contribution in [0.15, 0.2) is 141 Å². The van der Waals surface area contributed by atoms with Gasteiger partial charge in [0, 0.05) is 38.4 Å². The van der Waals surface area contributed by atoms with Crippen LogP contribution >= 0.6 is 0 Å². The number of furan rings is 1. The fraction of sp³-hybridized carbons (Fsp3) is 0. The molecular formula is C38H21N3O3. The molecule has 10 rings (SSSR count). The van der Waals surface area contributed by atoms with Crippen LogP contribution in [-0.4, -0.2) is 14.5 Å². The van der Waals surface area contributed by atoms with Gasteiger partial charge in [-0.05, 0) is 84.9 Å². The smallest absolute Gasteiger partial charge is 0.227 e. The molecule has 6 aromatic carbocycles. The molecule has 44 heavy (non-hydrogen) atoms. The van der Waals surface area contributed by atoms with Crippen LogP contribution in [0.4, 0.5) is 0 Å². The molecule has 0 N–H and O–H groups in total. The molecule has 0 aliphatic carbocycles. The number of hydrogen-bond acceptors (Lipinski definition) is 5. The van der Waals surface area contributed by atoms with E-state index in [1.54, 1.807) is 0 Å². The van der Waals surface area contributed by atoms with Gasteiger partial charge in [-0.15, -0.1) is 0 Å². The van der Waals surface area contributed by atoms with Gasteiger partial charge in [0.15, 0.2) is 11.2 Å². The second kappa shape index (κ2) is 8.69. The van der Waals surface area contributed by atoms with Crippen LogP contribution in [0.1, 0.15) is 0 Å². The molecule has 0 unspecified atom stereocenters. The number of aromatic nitrogens is 3. The highest BCUT2D eigenvalue weighted by Gasteiger charge is 2.19. The summed E-state index contributed by atoms with van der Waals surface area (Å²) in [5.41, 5.74) is 9.98. The number of oxazole rings is 2. The first-order chi connectivity index (χ1) is 21.8. The lowest BCUT2D eigenvalue weighted by molar-refractivity contribution is 0.619. The molecule has 0 radical (unpaired) electrons. The Labute approximate surface area is 249 Å². The van der Waals surface area contributed by atoms with Crippen LogP contribution in [0.3, 0.4) is 0 Å². The molecule has 0 aliphatic rings. The van der Waals surface area contributed by atoms with Gasteiger partial charge in [-0.1, -0.05) is 42.5 Å². The second-order valence-corrected chi connectivity index (χ2v) is 11.1. The Morgan fingerprint density at radius 3 is 1.57 bits per heavy atom. The summed E-state index contributed by atoms with van der Waals surface area (Å²) in [5.74, 6) is 1.19. The highest BCUT2D eigenvalue weighted by Crippen LogP contribution is 2.39. The summed E-state index contributed by atoms with van der Waals surface area (Å²) < 4.78 is 20.8. The molecule has 4 heterocycles. The van der Waals surface area contributed by atoms with E-state index in [4.69, 9.17) is 23.2 Å². The van der Waals surface area contributed by atoms with Crippen LogP contribution in [0.5, 0.6) is 0 Å². The van der Waals surface area contributed by atoms with Gasteiger partial charge in [-0.2, -0.15) is 0 Å². The maximum absolute atomic E-state index is 6.16. The number of nitrogens with zero attached hydrogens (tertiary/aromatic N) is 3. The van der Waals surface area contributed by atoms with Crippen molar-refractivity contribution in [2.45, 2.75) is 0 Å². The lowest BCUT2D eigenvalue weighted by Crippen LogP contribution is -1.93. The Bertz CT molecular complexity index is 2540. The fourth-order valence-electron chi connectivity index (χ4n) is 6.41. The van der Waals surface area contributed by atoms with E-state index < -0.39 is 0 Å². The molecule has 0 amide bonds. The summed E-state index contributed by atoms with van der Waals surface area (Å²) in [5, 5.41) is 4.34. The van der Waals surface area contributed by atoms with Crippen LogP contribution in [0.2, 0.25) is 0 Å². The standard InChI is InChI=1S/C38H21N3O3/c1-4-10-33-25(7-1)28-21-24(15-18-34(28)42-33)41-31-16-13-22(37-39-29-8-2-5-11-35(29)43-37)19-26(31)27-20-23(14-17-32(27)41)38-40-30-9-3-6-12-36(30)44-38/h1-21H. The second-order valence-electron chi connectivity index (χ2n) is 11.1. The zero-order chi connectivity index (χ0) is 28.8. The SMILES string of the molecule is c1ccc2oc(-c3ccc4c(c3)c3cc(-c5nc6ccccc6o5)ccc3n4-c3ccc4oc5ccccc5c4c3)nc2c1. The highest BCUT2D eigenvalue weighted by atomic mass is 16.4. The zero-order valence-corrected chi connectivity index (χ0v) is 23.2. The molecule has 6 heteroatoms. The lowest BCUT2D eigenvalue weighted by Gasteiger charge is -2.08. The predicted molar refractivity (Wildman–Crippen MR) is 174 cm³/mol. The number of fused-ring (bicyclic) bond motifs is 8. The van der Waals surface area contributed by atoms with E-state index in [1.165, 1.54) is 0 Å². The average Bonchev–Trinajstić information content (AvgIpc) is 3.85. The third kappa shape index (κ3) is 3.36. The topological polar surface area (TPSA) is 70.1 Å². The maximum atomic E-state index is 6.16. The molecule has 0 saturated heterocycles. The van der Waals surface area contributed by atoms with Gasteiger partial charge in [-0.3, -0.25) is 0 Å². The first-order valence-electron chi connectivity index (χ1n) is 14.5. The summed E-state index contributed by atoms with van der Waals surface area (Å²) in [6.45, 7) is 0. The third-order valence-corrected chi connectivity index (χ3v) is 8.47. The van der Waals surface area contributed by atoms with Crippen molar-refractivity contribution in [3.8, 4) is 28.6 Å². The van der Waals surface area contributed by atoms with Crippen molar-refractivity contribution in [1.82, 2.24) is 14.5 Å². The Morgan fingerprint density at radius 1 is 0.409 bits per heavy atom. The van der Waals surface area contributed by atoms with Crippen molar-refractivity contribution in [2.75, 3.05) is 0 Å². The highest BCUT2D eigenvalue weighted by molar-refractivity contribution is 6.12. The van der Waals surface area contributed by atoms with Crippen molar-refractivity contribution in [3.05, 3.63) is 127 Å². The Hall–Kier alpha value is -6.14. The molecule has 0 fully saturated rings. The van der Waals surface area contributed by atoms with E-state index in [0.717, 1.165) is 82.8 Å². The molecule has 10 aromatic rings. The van der Waals surface area contributed by atoms with E-state index in [0.29, 0.717) is 11.8 Å². The Kier molecular flexibility index (Phi) is 4.63. The van der Waals surface area contributed by atoms with Crippen LogP contribution in [-0.2, 0) is 0 Å². The average molecular weight is 568 g/mol. The molecule has 0 saturated carbocycles. The first-order valence-corrected chi connectivity index (χ1v) is 14.5. The summed E-state index contributed by atoms with van der Waals surface area (Å²) >= 11 is 0. The molecule has 4 aromatic heterocycles. The van der Waals surface area contributed by atoms with Crippen molar-refractivity contribution >= 4 is 65.9 Å². The quantitative estimate of drug-likeness (QED) is 0.212. The van der Waals surface area contributed by atoms with Gasteiger partial charge < -0.3 is 17.8 Å². The van der Waals surface area contributed by atoms with Crippen molar-refractivity contribution in [1.29, 1.82) is 0 Å². The minimum absolute atomic E-state index is 0.593. The van der Waals surface area contributed by atoms with E-state index in [2.05, 4.69) is 65.2 Å². The van der Waals surface area contributed by atoms with Gasteiger partial charge in [0.05, 0.1) is 11.0 Å². The molecule has 0 spiro atoms. The van der Waals surface area contributed by atoms with Crippen LogP contribution in [0, 0.1) is 0 Å². The zero-order valence-electron chi connectivity index (χ0n) is 23.2. The van der Waals surface area contributed by atoms with E-state index in [-0.39, 0.29) is 0 Å². The van der Waals surface area contributed by atoms with Gasteiger partial charge >= 0.3 is 0 Å². The minimum Gasteiger partial charge on any atom is -0.456 e. The molecule has 0 aliphatic heterocycles. The van der Waals surface area contributed by atoms with Crippen molar-refractivity contribution in [2.24, 2.45) is 0 Å². The molecule has 6 nitrogen and oxygen atoms in total. The van der Waals surface area contributed by atoms with E-state index in [1.807, 2.05) is 66.7 Å². The van der Waals surface area contributed by atoms with Crippen LogP contribution in [0.25, 0.3) is 94.5 Å².